The number of amides is 1. The molecule has 0 spiro atoms. The van der Waals surface area contributed by atoms with Gasteiger partial charge in [0, 0.05) is 11.1 Å². The summed E-state index contributed by atoms with van der Waals surface area (Å²) in [5, 5.41) is 12.8. The van der Waals surface area contributed by atoms with Crippen LogP contribution in [-0.4, -0.2) is 22.0 Å². The molecule has 3 atom stereocenters. The summed E-state index contributed by atoms with van der Waals surface area (Å²) in [6, 6.07) is -0.0266. The van der Waals surface area contributed by atoms with Gasteiger partial charge in [-0.2, -0.15) is 0 Å². The second kappa shape index (κ2) is 4.59. The van der Waals surface area contributed by atoms with Gasteiger partial charge in [0.05, 0.1) is 17.9 Å². The van der Waals surface area contributed by atoms with Gasteiger partial charge in [-0.3, -0.25) is 9.59 Å². The van der Waals surface area contributed by atoms with Crippen molar-refractivity contribution in [1.82, 2.24) is 10.3 Å². The number of carbonyl (C=O) groups excluding carboxylic acids is 1. The first-order valence-corrected chi connectivity index (χ1v) is 7.33. The number of carboxylic acid groups (broad SMARTS) is 1. The number of aryl methyl sites for hydroxylation is 1. The molecule has 102 valence electrons. The van der Waals surface area contributed by atoms with Crippen LogP contribution in [0.2, 0.25) is 0 Å². The molecule has 0 aromatic carbocycles. The Hall–Kier alpha value is -1.43. The van der Waals surface area contributed by atoms with Gasteiger partial charge in [0.15, 0.2) is 0 Å². The molecule has 5 nitrogen and oxygen atoms in total. The van der Waals surface area contributed by atoms with E-state index in [2.05, 4.69) is 10.3 Å². The molecule has 1 aromatic heterocycles. The third-order valence-corrected chi connectivity index (χ3v) is 4.74. The molecular formula is C13H16N2O3S. The number of thiazole rings is 1. The van der Waals surface area contributed by atoms with Gasteiger partial charge < -0.3 is 10.4 Å². The minimum absolute atomic E-state index is 0.0266. The molecule has 0 radical (unpaired) electrons. The van der Waals surface area contributed by atoms with Crippen LogP contribution >= 0.6 is 11.3 Å². The predicted molar refractivity (Wildman–Crippen MR) is 69.7 cm³/mol. The molecule has 2 fully saturated rings. The molecule has 1 heterocycles. The van der Waals surface area contributed by atoms with E-state index in [0.717, 1.165) is 22.7 Å². The summed E-state index contributed by atoms with van der Waals surface area (Å²) in [5.74, 6) is -1.36. The van der Waals surface area contributed by atoms with Crippen molar-refractivity contribution >= 4 is 23.2 Å². The fourth-order valence-electron chi connectivity index (χ4n) is 2.34. The largest absolute Gasteiger partial charge is 0.481 e. The highest BCUT2D eigenvalue weighted by Crippen LogP contribution is 2.44. The minimum atomic E-state index is -0.867. The van der Waals surface area contributed by atoms with Crippen molar-refractivity contribution in [3.8, 4) is 0 Å². The molecule has 2 saturated carbocycles. The van der Waals surface area contributed by atoms with Crippen LogP contribution in [0, 0.1) is 24.7 Å². The van der Waals surface area contributed by atoms with Crippen molar-refractivity contribution in [1.29, 1.82) is 0 Å². The smallest absolute Gasteiger partial charge is 0.307 e. The summed E-state index contributed by atoms with van der Waals surface area (Å²) < 4.78 is 0. The van der Waals surface area contributed by atoms with E-state index < -0.39 is 11.9 Å². The second-order valence-corrected chi connectivity index (χ2v) is 6.69. The highest BCUT2D eigenvalue weighted by Gasteiger charge is 2.49. The SMILES string of the molecule is Cc1cnc([C@H](NC(=O)[C@@H]2C[C@H]2C(=O)O)C2CC2)s1. The van der Waals surface area contributed by atoms with E-state index in [0.29, 0.717) is 12.3 Å². The van der Waals surface area contributed by atoms with Gasteiger partial charge in [0.25, 0.3) is 0 Å². The molecule has 0 aliphatic heterocycles. The lowest BCUT2D eigenvalue weighted by Crippen LogP contribution is -2.31. The summed E-state index contributed by atoms with van der Waals surface area (Å²) in [6.45, 7) is 1.99. The molecule has 2 N–H and O–H groups in total. The molecule has 2 aliphatic carbocycles. The Balaban J connectivity index is 1.66. The van der Waals surface area contributed by atoms with Crippen LogP contribution in [0.4, 0.5) is 0 Å². The van der Waals surface area contributed by atoms with E-state index >= 15 is 0 Å². The van der Waals surface area contributed by atoms with E-state index in [1.807, 2.05) is 13.1 Å². The quantitative estimate of drug-likeness (QED) is 0.861. The third-order valence-electron chi connectivity index (χ3n) is 3.74. The van der Waals surface area contributed by atoms with Crippen molar-refractivity contribution in [3.05, 3.63) is 16.1 Å². The van der Waals surface area contributed by atoms with Gasteiger partial charge in [0.1, 0.15) is 5.01 Å². The summed E-state index contributed by atoms with van der Waals surface area (Å²) in [7, 11) is 0. The first-order chi connectivity index (χ1) is 9.06. The fraction of sp³-hybridized carbons (Fsp3) is 0.615. The van der Waals surface area contributed by atoms with Gasteiger partial charge in [-0.25, -0.2) is 4.98 Å². The van der Waals surface area contributed by atoms with Crippen LogP contribution in [0.5, 0.6) is 0 Å². The lowest BCUT2D eigenvalue weighted by Gasteiger charge is -2.15. The normalized spacial score (nSPS) is 26.8. The van der Waals surface area contributed by atoms with Gasteiger partial charge in [-0.15, -0.1) is 11.3 Å². The van der Waals surface area contributed by atoms with Crippen LogP contribution in [0.1, 0.15) is 35.2 Å². The number of aliphatic carboxylic acids is 1. The van der Waals surface area contributed by atoms with Crippen molar-refractivity contribution in [2.75, 3.05) is 0 Å². The monoisotopic (exact) mass is 280 g/mol. The van der Waals surface area contributed by atoms with E-state index in [1.165, 1.54) is 0 Å². The molecule has 0 saturated heterocycles. The number of carbonyl (C=O) groups is 2. The maximum absolute atomic E-state index is 12.0. The van der Waals surface area contributed by atoms with Crippen molar-refractivity contribution < 1.29 is 14.7 Å². The zero-order valence-corrected chi connectivity index (χ0v) is 11.4. The molecule has 1 amide bonds. The van der Waals surface area contributed by atoms with Crippen LogP contribution in [-0.2, 0) is 9.59 Å². The maximum atomic E-state index is 12.0. The zero-order chi connectivity index (χ0) is 13.6. The molecule has 19 heavy (non-hydrogen) atoms. The summed E-state index contributed by atoms with van der Waals surface area (Å²) in [5.41, 5.74) is 0. The highest BCUT2D eigenvalue weighted by molar-refractivity contribution is 7.11. The molecule has 0 bridgehead atoms. The Kier molecular flexibility index (Phi) is 3.05. The van der Waals surface area contributed by atoms with E-state index in [-0.39, 0.29) is 17.9 Å². The van der Waals surface area contributed by atoms with Gasteiger partial charge in [0.2, 0.25) is 5.91 Å². The molecule has 2 aliphatic rings. The lowest BCUT2D eigenvalue weighted by atomic mass is 10.2. The van der Waals surface area contributed by atoms with Crippen LogP contribution in [0.25, 0.3) is 0 Å². The third kappa shape index (κ3) is 2.63. The number of rotatable bonds is 5. The second-order valence-electron chi connectivity index (χ2n) is 5.42. The van der Waals surface area contributed by atoms with Crippen LogP contribution in [0.15, 0.2) is 6.20 Å². The Morgan fingerprint density at radius 1 is 1.47 bits per heavy atom. The van der Waals surface area contributed by atoms with E-state index in [1.54, 1.807) is 11.3 Å². The average molecular weight is 280 g/mol. The molecule has 3 rings (SSSR count). The Morgan fingerprint density at radius 2 is 2.21 bits per heavy atom. The standard InChI is InChI=1S/C13H16N2O3S/c1-6-5-14-12(19-6)10(7-2-3-7)15-11(16)8-4-9(8)13(17)18/h5,7-10H,2-4H2,1H3,(H,15,16)(H,17,18)/t8-,9-,10-/m1/s1. The summed E-state index contributed by atoms with van der Waals surface area (Å²) in [6.07, 6.45) is 4.50. The average Bonchev–Trinajstić information content (AvgIpc) is 3.23. The van der Waals surface area contributed by atoms with Crippen LogP contribution < -0.4 is 5.32 Å². The zero-order valence-electron chi connectivity index (χ0n) is 10.6. The summed E-state index contributed by atoms with van der Waals surface area (Å²) in [4.78, 5) is 28.3. The fourth-order valence-corrected chi connectivity index (χ4v) is 3.26. The Labute approximate surface area is 115 Å². The topological polar surface area (TPSA) is 79.3 Å². The first-order valence-electron chi connectivity index (χ1n) is 6.51. The Bertz CT molecular complexity index is 524. The number of hydrogen-bond acceptors (Lipinski definition) is 4. The number of carboxylic acids is 1. The molecule has 6 heteroatoms. The lowest BCUT2D eigenvalue weighted by molar-refractivity contribution is -0.140. The van der Waals surface area contributed by atoms with Gasteiger partial charge in [-0.1, -0.05) is 0 Å². The van der Waals surface area contributed by atoms with Crippen LogP contribution in [0.3, 0.4) is 0 Å². The molecule has 1 aromatic rings. The number of nitrogens with one attached hydrogen (secondary N) is 1. The Morgan fingerprint density at radius 3 is 2.68 bits per heavy atom. The minimum Gasteiger partial charge on any atom is -0.481 e. The van der Waals surface area contributed by atoms with Crippen molar-refractivity contribution in [2.24, 2.45) is 17.8 Å². The van der Waals surface area contributed by atoms with Gasteiger partial charge >= 0.3 is 5.97 Å². The number of aromatic nitrogens is 1. The molecule has 0 unspecified atom stereocenters. The van der Waals surface area contributed by atoms with Crippen molar-refractivity contribution in [2.45, 2.75) is 32.2 Å². The predicted octanol–water partition coefficient (Wildman–Crippen LogP) is 1.74. The summed E-state index contributed by atoms with van der Waals surface area (Å²) >= 11 is 1.60. The van der Waals surface area contributed by atoms with E-state index in [4.69, 9.17) is 5.11 Å². The van der Waals surface area contributed by atoms with E-state index in [9.17, 15) is 9.59 Å². The maximum Gasteiger partial charge on any atom is 0.307 e. The number of hydrogen-bond donors (Lipinski definition) is 2. The molecular weight excluding hydrogens is 264 g/mol. The number of nitrogens with zero attached hydrogens (tertiary/aromatic N) is 1. The highest BCUT2D eigenvalue weighted by atomic mass is 32.1. The van der Waals surface area contributed by atoms with Crippen molar-refractivity contribution in [3.63, 3.8) is 0 Å². The first kappa shape index (κ1) is 12.6. The van der Waals surface area contributed by atoms with Gasteiger partial charge in [-0.05, 0) is 32.1 Å².